The van der Waals surface area contributed by atoms with Gasteiger partial charge in [0.05, 0.1) is 18.7 Å². The van der Waals surface area contributed by atoms with Crippen molar-refractivity contribution in [3.8, 4) is 11.5 Å². The minimum atomic E-state index is -0.329. The predicted octanol–water partition coefficient (Wildman–Crippen LogP) is 2.82. The molecule has 0 bridgehead atoms. The molecule has 0 radical (unpaired) electrons. The van der Waals surface area contributed by atoms with Crippen LogP contribution in [0.25, 0.3) is 0 Å². The first-order valence-electron chi connectivity index (χ1n) is 7.55. The summed E-state index contributed by atoms with van der Waals surface area (Å²) in [6.07, 6.45) is 0. The third-order valence-corrected chi connectivity index (χ3v) is 3.68. The number of nitrogens with one attached hydrogen (secondary N) is 1. The summed E-state index contributed by atoms with van der Waals surface area (Å²) in [5.74, 6) is 0.485. The summed E-state index contributed by atoms with van der Waals surface area (Å²) in [6, 6.07) is 13.8. The molecule has 0 spiro atoms. The van der Waals surface area contributed by atoms with Crippen LogP contribution < -0.4 is 14.8 Å². The van der Waals surface area contributed by atoms with Crippen LogP contribution in [0, 0.1) is 0 Å². The number of nitrogens with zero attached hydrogens (tertiary/aromatic N) is 1. The van der Waals surface area contributed by atoms with Crippen LogP contribution in [-0.2, 0) is 9.59 Å². The van der Waals surface area contributed by atoms with E-state index in [0.29, 0.717) is 22.2 Å². The minimum absolute atomic E-state index is 0.0866. The zero-order valence-electron chi connectivity index (χ0n) is 14.0. The van der Waals surface area contributed by atoms with E-state index in [9.17, 15) is 9.59 Å². The zero-order valence-corrected chi connectivity index (χ0v) is 14.7. The summed E-state index contributed by atoms with van der Waals surface area (Å²) in [5, 5.41) is 3.14. The number of rotatable bonds is 7. The Balaban J connectivity index is 1.81. The Hall–Kier alpha value is -2.73. The third-order valence-electron chi connectivity index (χ3n) is 3.37. The van der Waals surface area contributed by atoms with Gasteiger partial charge >= 0.3 is 0 Å². The number of methoxy groups -OCH3 is 1. The van der Waals surface area contributed by atoms with Crippen LogP contribution >= 0.6 is 11.6 Å². The van der Waals surface area contributed by atoms with Gasteiger partial charge in [-0.2, -0.15) is 0 Å². The highest BCUT2D eigenvalue weighted by Gasteiger charge is 2.14. The number of likely N-dealkylation sites (N-methyl/N-ethyl adjacent to an activating group) is 1. The number of carbonyl (C=O) groups is 2. The van der Waals surface area contributed by atoms with Gasteiger partial charge in [0.2, 0.25) is 5.91 Å². The van der Waals surface area contributed by atoms with Crippen LogP contribution in [0.15, 0.2) is 48.5 Å². The van der Waals surface area contributed by atoms with Crippen LogP contribution in [0.3, 0.4) is 0 Å². The van der Waals surface area contributed by atoms with Gasteiger partial charge in [-0.3, -0.25) is 9.59 Å². The van der Waals surface area contributed by atoms with Crippen molar-refractivity contribution in [3.63, 3.8) is 0 Å². The minimum Gasteiger partial charge on any atom is -0.497 e. The SMILES string of the molecule is COc1ccc(NC(=O)CN(C)C(=O)COc2ccccc2Cl)cc1. The van der Waals surface area contributed by atoms with E-state index in [1.807, 2.05) is 0 Å². The Kier molecular flexibility index (Phi) is 6.65. The maximum atomic E-state index is 12.1. The topological polar surface area (TPSA) is 67.9 Å². The second kappa shape index (κ2) is 8.94. The summed E-state index contributed by atoms with van der Waals surface area (Å²) in [7, 11) is 3.10. The van der Waals surface area contributed by atoms with Crippen molar-refractivity contribution >= 4 is 29.1 Å². The average molecular weight is 363 g/mol. The molecule has 0 saturated heterocycles. The quantitative estimate of drug-likeness (QED) is 0.822. The lowest BCUT2D eigenvalue weighted by Crippen LogP contribution is -2.37. The molecule has 0 aliphatic rings. The maximum absolute atomic E-state index is 12.1. The summed E-state index contributed by atoms with van der Waals surface area (Å²) < 4.78 is 10.4. The maximum Gasteiger partial charge on any atom is 0.260 e. The van der Waals surface area contributed by atoms with Gasteiger partial charge in [-0.25, -0.2) is 0 Å². The standard InChI is InChI=1S/C18H19ClN2O4/c1-21(18(23)12-25-16-6-4-3-5-15(16)19)11-17(22)20-13-7-9-14(24-2)10-8-13/h3-10H,11-12H2,1-2H3,(H,20,22). The second-order valence-corrected chi connectivity index (χ2v) is 5.65. The molecule has 0 aromatic heterocycles. The number of benzene rings is 2. The highest BCUT2D eigenvalue weighted by Crippen LogP contribution is 2.23. The lowest BCUT2D eigenvalue weighted by atomic mass is 10.3. The molecular formula is C18H19ClN2O4. The van der Waals surface area contributed by atoms with Crippen LogP contribution in [0.2, 0.25) is 5.02 Å². The normalized spacial score (nSPS) is 10.0. The van der Waals surface area contributed by atoms with E-state index in [1.54, 1.807) is 55.6 Å². The molecule has 25 heavy (non-hydrogen) atoms. The number of ether oxygens (including phenoxy) is 2. The number of hydrogen-bond acceptors (Lipinski definition) is 4. The van der Waals surface area contributed by atoms with Crippen LogP contribution in [0.5, 0.6) is 11.5 Å². The van der Waals surface area contributed by atoms with E-state index in [-0.39, 0.29) is 25.0 Å². The van der Waals surface area contributed by atoms with Crippen molar-refractivity contribution in [1.29, 1.82) is 0 Å². The van der Waals surface area contributed by atoms with Crippen LogP contribution in [0.4, 0.5) is 5.69 Å². The largest absolute Gasteiger partial charge is 0.497 e. The molecule has 2 aromatic rings. The van der Waals surface area contributed by atoms with Gasteiger partial charge in [0.25, 0.3) is 5.91 Å². The van der Waals surface area contributed by atoms with Gasteiger partial charge in [0, 0.05) is 12.7 Å². The first kappa shape index (κ1) is 18.6. The lowest BCUT2D eigenvalue weighted by molar-refractivity contribution is -0.135. The number of carbonyl (C=O) groups excluding carboxylic acids is 2. The molecule has 7 heteroatoms. The molecule has 1 N–H and O–H groups in total. The molecule has 2 amide bonds. The molecule has 6 nitrogen and oxygen atoms in total. The van der Waals surface area contributed by atoms with Gasteiger partial charge in [0.15, 0.2) is 6.61 Å². The molecule has 2 rings (SSSR count). The molecule has 0 saturated carbocycles. The summed E-state index contributed by atoms with van der Waals surface area (Å²) in [6.45, 7) is -0.285. The van der Waals surface area contributed by atoms with E-state index in [2.05, 4.69) is 5.32 Å². The smallest absolute Gasteiger partial charge is 0.260 e. The number of hydrogen-bond donors (Lipinski definition) is 1. The van der Waals surface area contributed by atoms with Crippen molar-refractivity contribution in [3.05, 3.63) is 53.6 Å². The first-order chi connectivity index (χ1) is 12.0. The predicted molar refractivity (Wildman–Crippen MR) is 96.2 cm³/mol. The van der Waals surface area contributed by atoms with Crippen LogP contribution in [0.1, 0.15) is 0 Å². The van der Waals surface area contributed by atoms with E-state index in [4.69, 9.17) is 21.1 Å². The van der Waals surface area contributed by atoms with Crippen molar-refractivity contribution in [2.75, 3.05) is 32.6 Å². The summed E-state index contributed by atoms with van der Waals surface area (Å²) in [5.41, 5.74) is 0.624. The molecule has 0 heterocycles. The van der Waals surface area contributed by atoms with Crippen molar-refractivity contribution < 1.29 is 19.1 Å². The second-order valence-electron chi connectivity index (χ2n) is 5.25. The Morgan fingerprint density at radius 2 is 1.80 bits per heavy atom. The highest BCUT2D eigenvalue weighted by molar-refractivity contribution is 6.32. The van der Waals surface area contributed by atoms with E-state index in [1.165, 1.54) is 11.9 Å². The Morgan fingerprint density at radius 1 is 1.12 bits per heavy atom. The molecule has 132 valence electrons. The number of anilines is 1. The van der Waals surface area contributed by atoms with Gasteiger partial charge in [-0.15, -0.1) is 0 Å². The highest BCUT2D eigenvalue weighted by atomic mass is 35.5. The monoisotopic (exact) mass is 362 g/mol. The Morgan fingerprint density at radius 3 is 2.44 bits per heavy atom. The zero-order chi connectivity index (χ0) is 18.2. The van der Waals surface area contributed by atoms with Gasteiger partial charge in [-0.05, 0) is 36.4 Å². The molecule has 0 atom stereocenters. The molecule has 0 unspecified atom stereocenters. The fraction of sp³-hybridized carbons (Fsp3) is 0.222. The molecule has 0 aliphatic heterocycles. The van der Waals surface area contributed by atoms with Crippen molar-refractivity contribution in [2.24, 2.45) is 0 Å². The number of amides is 2. The molecule has 0 aliphatic carbocycles. The van der Waals surface area contributed by atoms with Gasteiger partial charge in [-0.1, -0.05) is 23.7 Å². The van der Waals surface area contributed by atoms with Crippen molar-refractivity contribution in [1.82, 2.24) is 4.90 Å². The first-order valence-corrected chi connectivity index (χ1v) is 7.92. The number of para-hydroxylation sites is 1. The third kappa shape index (κ3) is 5.69. The van der Waals surface area contributed by atoms with E-state index in [0.717, 1.165) is 0 Å². The average Bonchev–Trinajstić information content (AvgIpc) is 2.61. The van der Waals surface area contributed by atoms with Gasteiger partial charge < -0.3 is 19.7 Å². The van der Waals surface area contributed by atoms with Crippen LogP contribution in [-0.4, -0.2) is 44.0 Å². The van der Waals surface area contributed by atoms with E-state index >= 15 is 0 Å². The van der Waals surface area contributed by atoms with Gasteiger partial charge in [0.1, 0.15) is 11.5 Å². The fourth-order valence-electron chi connectivity index (χ4n) is 1.99. The van der Waals surface area contributed by atoms with E-state index < -0.39 is 0 Å². The Labute approximate surface area is 151 Å². The molecule has 2 aromatic carbocycles. The van der Waals surface area contributed by atoms with Crippen molar-refractivity contribution in [2.45, 2.75) is 0 Å². The molecule has 0 fully saturated rings. The number of halogens is 1. The lowest BCUT2D eigenvalue weighted by Gasteiger charge is -2.17. The molecular weight excluding hydrogens is 344 g/mol. The summed E-state index contributed by atoms with van der Waals surface area (Å²) in [4.78, 5) is 25.4. The Bertz CT molecular complexity index is 734. The fourth-order valence-corrected chi connectivity index (χ4v) is 2.18. The summed E-state index contributed by atoms with van der Waals surface area (Å²) >= 11 is 5.96.